The normalized spacial score (nSPS) is 9.30. The molecule has 0 saturated carbocycles. The minimum absolute atomic E-state index is 0.238. The topological polar surface area (TPSA) is 29.4 Å². The molecular weight excluding hydrogens is 146 g/mol. The third kappa shape index (κ3) is 1.30. The van der Waals surface area contributed by atoms with Crippen molar-refractivity contribution in [1.82, 2.24) is 0 Å². The SMILES string of the molecule is C=NC(=O)c1ccc(C)s1. The van der Waals surface area contributed by atoms with Gasteiger partial charge in [0.1, 0.15) is 0 Å². The first-order valence-electron chi connectivity index (χ1n) is 2.81. The summed E-state index contributed by atoms with van der Waals surface area (Å²) in [4.78, 5) is 15.9. The predicted molar refractivity (Wildman–Crippen MR) is 42.9 cm³/mol. The van der Waals surface area contributed by atoms with Crippen molar-refractivity contribution in [2.75, 3.05) is 0 Å². The Balaban J connectivity index is 2.95. The maximum Gasteiger partial charge on any atom is 0.286 e. The summed E-state index contributed by atoms with van der Waals surface area (Å²) >= 11 is 1.44. The molecule has 0 aromatic carbocycles. The minimum atomic E-state index is -0.238. The molecule has 0 aliphatic heterocycles. The summed E-state index contributed by atoms with van der Waals surface area (Å²) in [5.41, 5.74) is 0. The number of hydrogen-bond donors (Lipinski definition) is 0. The maximum absolute atomic E-state index is 10.8. The molecule has 0 spiro atoms. The molecule has 0 aliphatic rings. The molecule has 0 unspecified atom stereocenters. The summed E-state index contributed by atoms with van der Waals surface area (Å²) < 4.78 is 0. The van der Waals surface area contributed by atoms with Gasteiger partial charge in [0.15, 0.2) is 0 Å². The summed E-state index contributed by atoms with van der Waals surface area (Å²) in [6, 6.07) is 3.65. The molecular formula is C7H7NOS. The molecule has 1 rings (SSSR count). The lowest BCUT2D eigenvalue weighted by Crippen LogP contribution is -1.86. The monoisotopic (exact) mass is 153 g/mol. The fourth-order valence-electron chi connectivity index (χ4n) is 0.627. The highest BCUT2D eigenvalue weighted by molar-refractivity contribution is 7.13. The fourth-order valence-corrected chi connectivity index (χ4v) is 1.40. The van der Waals surface area contributed by atoms with E-state index in [1.807, 2.05) is 13.0 Å². The Hall–Kier alpha value is -0.960. The summed E-state index contributed by atoms with van der Waals surface area (Å²) in [7, 11) is 0. The quantitative estimate of drug-likeness (QED) is 0.566. The lowest BCUT2D eigenvalue weighted by atomic mass is 10.4. The van der Waals surface area contributed by atoms with Crippen LogP contribution in [0.3, 0.4) is 0 Å². The van der Waals surface area contributed by atoms with Gasteiger partial charge >= 0.3 is 0 Å². The lowest BCUT2D eigenvalue weighted by Gasteiger charge is -1.82. The van der Waals surface area contributed by atoms with Crippen LogP contribution in [0.4, 0.5) is 0 Å². The molecule has 1 heterocycles. The average molecular weight is 153 g/mol. The molecule has 1 amide bonds. The van der Waals surface area contributed by atoms with E-state index in [0.717, 1.165) is 4.88 Å². The summed E-state index contributed by atoms with van der Waals surface area (Å²) in [5.74, 6) is -0.238. The summed E-state index contributed by atoms with van der Waals surface area (Å²) in [5, 5.41) is 0. The zero-order chi connectivity index (χ0) is 7.56. The van der Waals surface area contributed by atoms with Gasteiger partial charge in [-0.15, -0.1) is 11.3 Å². The van der Waals surface area contributed by atoms with E-state index in [2.05, 4.69) is 11.7 Å². The molecule has 0 N–H and O–H groups in total. The first-order valence-corrected chi connectivity index (χ1v) is 3.63. The number of carbonyl (C=O) groups is 1. The molecule has 0 radical (unpaired) electrons. The van der Waals surface area contributed by atoms with Crippen LogP contribution in [0.25, 0.3) is 0 Å². The molecule has 0 aliphatic carbocycles. The van der Waals surface area contributed by atoms with Crippen LogP contribution < -0.4 is 0 Å². The van der Waals surface area contributed by atoms with Crippen molar-refractivity contribution in [3.05, 3.63) is 21.9 Å². The Bertz CT molecular complexity index is 264. The zero-order valence-corrected chi connectivity index (χ0v) is 6.44. The molecule has 0 atom stereocenters. The van der Waals surface area contributed by atoms with Gasteiger partial charge in [-0.2, -0.15) is 0 Å². The molecule has 1 aromatic rings. The van der Waals surface area contributed by atoms with Crippen molar-refractivity contribution in [3.63, 3.8) is 0 Å². The van der Waals surface area contributed by atoms with Crippen LogP contribution in [0, 0.1) is 6.92 Å². The van der Waals surface area contributed by atoms with Crippen LogP contribution in [0.2, 0.25) is 0 Å². The second kappa shape index (κ2) is 2.75. The number of aliphatic imine (C=N–C) groups is 1. The molecule has 0 bridgehead atoms. The van der Waals surface area contributed by atoms with Gasteiger partial charge < -0.3 is 0 Å². The van der Waals surface area contributed by atoms with Gasteiger partial charge in [-0.3, -0.25) is 4.79 Å². The zero-order valence-electron chi connectivity index (χ0n) is 5.63. The second-order valence-corrected chi connectivity index (χ2v) is 3.16. The third-order valence-electron chi connectivity index (χ3n) is 1.09. The molecule has 3 heteroatoms. The largest absolute Gasteiger partial charge is 0.286 e. The number of thiophene rings is 1. The number of amides is 1. The number of nitrogens with zero attached hydrogens (tertiary/aromatic N) is 1. The lowest BCUT2D eigenvalue weighted by molar-refractivity contribution is 0.101. The van der Waals surface area contributed by atoms with Gasteiger partial charge in [0.25, 0.3) is 5.91 Å². The van der Waals surface area contributed by atoms with Gasteiger partial charge in [0.2, 0.25) is 0 Å². The molecule has 0 saturated heterocycles. The van der Waals surface area contributed by atoms with E-state index in [1.165, 1.54) is 11.3 Å². The molecule has 2 nitrogen and oxygen atoms in total. The third-order valence-corrected chi connectivity index (χ3v) is 2.08. The smallest absolute Gasteiger partial charge is 0.266 e. The summed E-state index contributed by atoms with van der Waals surface area (Å²) in [6.45, 7) is 5.10. The molecule has 1 aromatic heterocycles. The Labute approximate surface area is 63.2 Å². The highest BCUT2D eigenvalue weighted by Gasteiger charge is 2.03. The van der Waals surface area contributed by atoms with Gasteiger partial charge in [-0.05, 0) is 25.8 Å². The minimum Gasteiger partial charge on any atom is -0.266 e. The standard InChI is InChI=1S/C7H7NOS/c1-5-3-4-6(10-5)7(9)8-2/h3-4H,2H2,1H3. The number of aryl methyl sites for hydroxylation is 1. The van der Waals surface area contributed by atoms with E-state index in [4.69, 9.17) is 0 Å². The first-order chi connectivity index (χ1) is 4.74. The van der Waals surface area contributed by atoms with Crippen LogP contribution in [-0.2, 0) is 0 Å². The van der Waals surface area contributed by atoms with Crippen molar-refractivity contribution in [2.24, 2.45) is 4.99 Å². The fraction of sp³-hybridized carbons (Fsp3) is 0.143. The van der Waals surface area contributed by atoms with E-state index < -0.39 is 0 Å². The number of rotatable bonds is 1. The van der Waals surface area contributed by atoms with Crippen LogP contribution in [-0.4, -0.2) is 12.6 Å². The van der Waals surface area contributed by atoms with Crippen molar-refractivity contribution in [1.29, 1.82) is 0 Å². The van der Waals surface area contributed by atoms with Crippen molar-refractivity contribution < 1.29 is 4.79 Å². The summed E-state index contributed by atoms with van der Waals surface area (Å²) in [6.07, 6.45) is 0. The van der Waals surface area contributed by atoms with Crippen LogP contribution in [0.1, 0.15) is 14.5 Å². The Morgan fingerprint density at radius 1 is 1.70 bits per heavy atom. The van der Waals surface area contributed by atoms with E-state index in [1.54, 1.807) is 6.07 Å². The second-order valence-electron chi connectivity index (χ2n) is 1.87. The van der Waals surface area contributed by atoms with E-state index in [9.17, 15) is 4.79 Å². The number of hydrogen-bond acceptors (Lipinski definition) is 2. The van der Waals surface area contributed by atoms with Crippen molar-refractivity contribution in [2.45, 2.75) is 6.92 Å². The van der Waals surface area contributed by atoms with Crippen molar-refractivity contribution in [3.8, 4) is 0 Å². The molecule has 52 valence electrons. The van der Waals surface area contributed by atoms with E-state index in [0.29, 0.717) is 4.88 Å². The van der Waals surface area contributed by atoms with Crippen LogP contribution in [0.15, 0.2) is 17.1 Å². The Kier molecular flexibility index (Phi) is 1.97. The van der Waals surface area contributed by atoms with Gasteiger partial charge in [0.05, 0.1) is 4.88 Å². The van der Waals surface area contributed by atoms with Gasteiger partial charge in [-0.1, -0.05) is 0 Å². The Morgan fingerprint density at radius 3 is 2.80 bits per heavy atom. The highest BCUT2D eigenvalue weighted by atomic mass is 32.1. The average Bonchev–Trinajstić information content (AvgIpc) is 2.34. The van der Waals surface area contributed by atoms with E-state index in [-0.39, 0.29) is 5.91 Å². The van der Waals surface area contributed by atoms with Gasteiger partial charge in [0, 0.05) is 4.88 Å². The predicted octanol–water partition coefficient (Wildman–Crippen LogP) is 1.90. The van der Waals surface area contributed by atoms with Crippen molar-refractivity contribution >= 4 is 24.0 Å². The van der Waals surface area contributed by atoms with Gasteiger partial charge in [-0.25, -0.2) is 4.99 Å². The van der Waals surface area contributed by atoms with Crippen LogP contribution in [0.5, 0.6) is 0 Å². The molecule has 0 fully saturated rings. The maximum atomic E-state index is 10.8. The van der Waals surface area contributed by atoms with Crippen LogP contribution >= 0.6 is 11.3 Å². The van der Waals surface area contributed by atoms with E-state index >= 15 is 0 Å². The number of carbonyl (C=O) groups excluding carboxylic acids is 1. The Morgan fingerprint density at radius 2 is 2.40 bits per heavy atom. The highest BCUT2D eigenvalue weighted by Crippen LogP contribution is 2.15. The molecule has 10 heavy (non-hydrogen) atoms. The first kappa shape index (κ1) is 7.15.